The van der Waals surface area contributed by atoms with Crippen LogP contribution in [0.4, 0.5) is 10.1 Å². The molecule has 0 bridgehead atoms. The van der Waals surface area contributed by atoms with Gasteiger partial charge in [0.1, 0.15) is 5.82 Å². The highest BCUT2D eigenvalue weighted by Crippen LogP contribution is 2.58. The van der Waals surface area contributed by atoms with Crippen molar-refractivity contribution in [1.82, 2.24) is 4.90 Å². The van der Waals surface area contributed by atoms with Crippen molar-refractivity contribution in [3.63, 3.8) is 0 Å². The topological polar surface area (TPSA) is 23.6 Å². The van der Waals surface area contributed by atoms with Crippen LogP contribution in [0.5, 0.6) is 0 Å². The van der Waals surface area contributed by atoms with Crippen LogP contribution in [0, 0.1) is 23.6 Å². The van der Waals surface area contributed by atoms with E-state index in [2.05, 4.69) is 4.90 Å². The first-order valence-electron chi connectivity index (χ1n) is 8.92. The quantitative estimate of drug-likeness (QED) is 0.854. The van der Waals surface area contributed by atoms with E-state index in [4.69, 9.17) is 0 Å². The average Bonchev–Trinajstić information content (AvgIpc) is 3.06. The van der Waals surface area contributed by atoms with E-state index in [1.807, 2.05) is 24.1 Å². The molecule has 0 spiro atoms. The van der Waals surface area contributed by atoms with E-state index < -0.39 is 0 Å². The van der Waals surface area contributed by atoms with Gasteiger partial charge in [-0.25, -0.2) is 4.39 Å². The predicted molar refractivity (Wildman–Crippen MR) is 88.7 cm³/mol. The lowest BCUT2D eigenvalue weighted by Crippen LogP contribution is -2.46. The highest BCUT2D eigenvalue weighted by Gasteiger charge is 2.57. The van der Waals surface area contributed by atoms with Crippen LogP contribution >= 0.6 is 0 Å². The molecule has 1 amide bonds. The maximum Gasteiger partial charge on any atom is 0.226 e. The third-order valence-electron chi connectivity index (χ3n) is 6.24. The second-order valence-electron chi connectivity index (χ2n) is 7.43. The average molecular weight is 316 g/mol. The Labute approximate surface area is 137 Å². The van der Waals surface area contributed by atoms with E-state index in [1.54, 1.807) is 0 Å². The lowest BCUT2D eigenvalue weighted by molar-refractivity contribution is -0.134. The molecule has 3 nitrogen and oxygen atoms in total. The lowest BCUT2D eigenvalue weighted by atomic mass is 10.0. The summed E-state index contributed by atoms with van der Waals surface area (Å²) in [6.45, 7) is 1.87. The van der Waals surface area contributed by atoms with Gasteiger partial charge in [-0.2, -0.15) is 0 Å². The molecule has 3 aliphatic rings. The zero-order chi connectivity index (χ0) is 16.0. The Morgan fingerprint density at radius 1 is 1.09 bits per heavy atom. The Hall–Kier alpha value is -1.58. The molecule has 1 saturated heterocycles. The summed E-state index contributed by atoms with van der Waals surface area (Å²) in [5, 5.41) is 0. The van der Waals surface area contributed by atoms with Gasteiger partial charge in [0.2, 0.25) is 5.91 Å². The number of anilines is 1. The van der Waals surface area contributed by atoms with Crippen LogP contribution in [-0.2, 0) is 4.79 Å². The van der Waals surface area contributed by atoms with Gasteiger partial charge in [0.25, 0.3) is 0 Å². The first-order valence-corrected chi connectivity index (χ1v) is 8.92. The fourth-order valence-electron chi connectivity index (χ4n) is 4.77. The summed E-state index contributed by atoms with van der Waals surface area (Å²) in [7, 11) is 1.99. The molecule has 23 heavy (non-hydrogen) atoms. The van der Waals surface area contributed by atoms with E-state index in [-0.39, 0.29) is 5.82 Å². The number of rotatable bonds is 3. The number of carbonyl (C=O) groups excluding carboxylic acids is 1. The van der Waals surface area contributed by atoms with Crippen LogP contribution in [-0.4, -0.2) is 37.0 Å². The van der Waals surface area contributed by atoms with Crippen molar-refractivity contribution in [1.29, 1.82) is 0 Å². The maximum absolute atomic E-state index is 13.0. The minimum absolute atomic E-state index is 0.191. The summed E-state index contributed by atoms with van der Waals surface area (Å²) in [5.74, 6) is 1.93. The molecule has 4 heteroatoms. The molecule has 3 fully saturated rings. The number of amides is 1. The van der Waals surface area contributed by atoms with E-state index in [0.717, 1.165) is 31.6 Å². The summed E-state index contributed by atoms with van der Waals surface area (Å²) in [4.78, 5) is 17.0. The van der Waals surface area contributed by atoms with Gasteiger partial charge in [-0.15, -0.1) is 0 Å². The van der Waals surface area contributed by atoms with Gasteiger partial charge in [0.15, 0.2) is 0 Å². The van der Waals surface area contributed by atoms with E-state index in [1.165, 1.54) is 31.4 Å². The molecule has 1 aromatic rings. The van der Waals surface area contributed by atoms with Crippen LogP contribution in [0.25, 0.3) is 0 Å². The summed E-state index contributed by atoms with van der Waals surface area (Å²) in [6, 6.07) is 7.08. The van der Waals surface area contributed by atoms with Crippen LogP contribution < -0.4 is 4.90 Å². The third-order valence-corrected chi connectivity index (χ3v) is 6.24. The molecule has 2 saturated carbocycles. The number of halogens is 1. The molecule has 1 aromatic carbocycles. The number of hydrogen-bond acceptors (Lipinski definition) is 2. The minimum Gasteiger partial charge on any atom is -0.371 e. The Kier molecular flexibility index (Phi) is 3.78. The molecule has 0 N–H and O–H groups in total. The van der Waals surface area contributed by atoms with Crippen molar-refractivity contribution >= 4 is 11.6 Å². The molecule has 0 radical (unpaired) electrons. The van der Waals surface area contributed by atoms with Crippen molar-refractivity contribution in [2.75, 3.05) is 25.0 Å². The number of fused-ring (bicyclic) bond motifs is 1. The minimum atomic E-state index is -0.191. The fourth-order valence-corrected chi connectivity index (χ4v) is 4.77. The second-order valence-corrected chi connectivity index (χ2v) is 7.43. The van der Waals surface area contributed by atoms with Gasteiger partial charge in [0, 0.05) is 37.8 Å². The normalized spacial score (nSPS) is 30.2. The Morgan fingerprint density at radius 3 is 2.30 bits per heavy atom. The molecular formula is C19H25FN2O. The number of hydrogen-bond donors (Lipinski definition) is 0. The lowest BCUT2D eigenvalue weighted by Gasteiger charge is -2.38. The zero-order valence-corrected chi connectivity index (χ0v) is 13.7. The van der Waals surface area contributed by atoms with Crippen LogP contribution in [0.3, 0.4) is 0 Å². The highest BCUT2D eigenvalue weighted by molar-refractivity contribution is 5.82. The zero-order valence-electron chi connectivity index (χ0n) is 13.7. The van der Waals surface area contributed by atoms with Gasteiger partial charge >= 0.3 is 0 Å². The summed E-state index contributed by atoms with van der Waals surface area (Å²) >= 11 is 0. The van der Waals surface area contributed by atoms with Gasteiger partial charge in [-0.05, 0) is 61.8 Å². The standard InChI is InChI=1S/C19H25FN2O/c1-21(19(23)18-16-3-2-4-17(16)18)14-9-11-22(12-10-14)15-7-5-13(20)6-8-15/h5-8,14,16-18H,2-4,9-12H2,1H3/t16-,17-/m1/s1. The maximum atomic E-state index is 13.0. The highest BCUT2D eigenvalue weighted by atomic mass is 19.1. The number of nitrogens with zero attached hydrogens (tertiary/aromatic N) is 2. The number of carbonyl (C=O) groups is 1. The second kappa shape index (κ2) is 5.81. The Balaban J connectivity index is 1.32. The summed E-state index contributed by atoms with van der Waals surface area (Å²) in [6.07, 6.45) is 5.85. The molecule has 124 valence electrons. The van der Waals surface area contributed by atoms with Crippen molar-refractivity contribution in [2.24, 2.45) is 17.8 Å². The summed E-state index contributed by atoms with van der Waals surface area (Å²) < 4.78 is 13.0. The van der Waals surface area contributed by atoms with Crippen molar-refractivity contribution in [3.05, 3.63) is 30.1 Å². The molecule has 1 heterocycles. The van der Waals surface area contributed by atoms with E-state index in [0.29, 0.717) is 29.7 Å². The molecule has 2 atom stereocenters. The molecule has 2 aliphatic carbocycles. The number of benzene rings is 1. The van der Waals surface area contributed by atoms with Gasteiger partial charge < -0.3 is 9.80 Å². The monoisotopic (exact) mass is 316 g/mol. The Bertz CT molecular complexity index is 570. The van der Waals surface area contributed by atoms with Crippen molar-refractivity contribution in [3.8, 4) is 0 Å². The molecule has 0 unspecified atom stereocenters. The fraction of sp³-hybridized carbons (Fsp3) is 0.632. The van der Waals surface area contributed by atoms with Crippen molar-refractivity contribution in [2.45, 2.75) is 38.1 Å². The smallest absolute Gasteiger partial charge is 0.226 e. The van der Waals surface area contributed by atoms with Crippen LogP contribution in [0.2, 0.25) is 0 Å². The molecule has 1 aliphatic heterocycles. The van der Waals surface area contributed by atoms with Crippen LogP contribution in [0.1, 0.15) is 32.1 Å². The Morgan fingerprint density at radius 2 is 1.70 bits per heavy atom. The third kappa shape index (κ3) is 2.73. The van der Waals surface area contributed by atoms with Gasteiger partial charge in [0.05, 0.1) is 0 Å². The van der Waals surface area contributed by atoms with E-state index >= 15 is 0 Å². The predicted octanol–water partition coefficient (Wildman–Crippen LogP) is 3.30. The largest absolute Gasteiger partial charge is 0.371 e. The summed E-state index contributed by atoms with van der Waals surface area (Å²) in [5.41, 5.74) is 1.08. The molecular weight excluding hydrogens is 291 g/mol. The SMILES string of the molecule is CN(C(=O)C1[C@@H]2CCC[C@@H]12)C1CCN(c2ccc(F)cc2)CC1. The van der Waals surface area contributed by atoms with Gasteiger partial charge in [-0.1, -0.05) is 6.42 Å². The molecule has 0 aromatic heterocycles. The van der Waals surface area contributed by atoms with Gasteiger partial charge in [-0.3, -0.25) is 4.79 Å². The van der Waals surface area contributed by atoms with E-state index in [9.17, 15) is 9.18 Å². The number of piperidine rings is 1. The van der Waals surface area contributed by atoms with Crippen molar-refractivity contribution < 1.29 is 9.18 Å². The van der Waals surface area contributed by atoms with Crippen LogP contribution in [0.15, 0.2) is 24.3 Å². The first kappa shape index (κ1) is 15.0. The molecule has 4 rings (SSSR count). The first-order chi connectivity index (χ1) is 11.1.